The van der Waals surface area contributed by atoms with Crippen LogP contribution >= 0.6 is 0 Å². The number of hydrogen-bond donors (Lipinski definition) is 4. The lowest BCUT2D eigenvalue weighted by molar-refractivity contribution is -0.157. The molecule has 1 aliphatic carbocycles. The largest absolute Gasteiger partial charge is 0.458 e. The van der Waals surface area contributed by atoms with E-state index in [0.29, 0.717) is 51.8 Å². The van der Waals surface area contributed by atoms with E-state index in [1.807, 2.05) is 0 Å². The number of nitrogens with zero attached hydrogens (tertiary/aromatic N) is 3. The second kappa shape index (κ2) is 14.0. The first kappa shape index (κ1) is 34.6. The number of benzene rings is 2. The Labute approximate surface area is 294 Å². The number of aromatic nitrogens is 2. The Morgan fingerprint density at radius 1 is 1.12 bits per heavy atom. The molecule has 0 fully saturated rings. The number of ether oxygens (including phenoxy) is 2. The minimum absolute atomic E-state index is 0.0853. The summed E-state index contributed by atoms with van der Waals surface area (Å²) in [6.07, 6.45) is -0.694. The zero-order chi connectivity index (χ0) is 36.7. The summed E-state index contributed by atoms with van der Waals surface area (Å²) >= 11 is 0. The zero-order valence-electron chi connectivity index (χ0n) is 27.9. The second-order valence-electron chi connectivity index (χ2n) is 12.9. The highest BCUT2D eigenvalue weighted by molar-refractivity contribution is 5.94. The molecule has 0 bridgehead atoms. The van der Waals surface area contributed by atoms with Gasteiger partial charge in [0.1, 0.15) is 25.8 Å². The number of fused-ring (bicyclic) bond motifs is 5. The summed E-state index contributed by atoms with van der Waals surface area (Å²) in [4.78, 5) is 79.4. The topological polar surface area (TPSA) is 207 Å². The van der Waals surface area contributed by atoms with Crippen molar-refractivity contribution in [3.8, 4) is 11.4 Å². The molecule has 0 radical (unpaired) electrons. The van der Waals surface area contributed by atoms with Gasteiger partial charge in [0.05, 0.1) is 41.6 Å². The average Bonchev–Trinajstić information content (AvgIpc) is 3.51. The molecule has 268 valence electrons. The molecule has 3 amide bonds. The van der Waals surface area contributed by atoms with Crippen LogP contribution in [0.15, 0.2) is 52.4 Å². The molecule has 7 rings (SSSR count). The summed E-state index contributed by atoms with van der Waals surface area (Å²) < 4.78 is 26.9. The minimum atomic E-state index is -1.63. The van der Waals surface area contributed by atoms with Crippen LogP contribution in [0.1, 0.15) is 57.5 Å². The Kier molecular flexibility index (Phi) is 9.33. The van der Waals surface area contributed by atoms with Gasteiger partial charge < -0.3 is 35.1 Å². The molecule has 3 atom stereocenters. The molecule has 15 nitrogen and oxygen atoms in total. The van der Waals surface area contributed by atoms with Gasteiger partial charge in [-0.3, -0.25) is 19.2 Å². The molecule has 4 aromatic rings. The van der Waals surface area contributed by atoms with E-state index >= 15 is 4.39 Å². The van der Waals surface area contributed by atoms with E-state index in [1.54, 1.807) is 37.3 Å². The van der Waals surface area contributed by atoms with Crippen LogP contribution in [0.4, 0.5) is 4.39 Å². The number of nitroso groups, excluding NO2 is 1. The SMILES string of the molecule is Cc1c(F)cc2nc3c(c4c2c1CCC4NC(=O)COCNC(=O)CNC(=O)[C@@H](Cc1ccccc1)N=O)Cn1c-3cc2c(c1=O)COC(=O)[C@@H]2O. The molecule has 0 spiro atoms. The first-order valence-electron chi connectivity index (χ1n) is 16.6. The Morgan fingerprint density at radius 2 is 1.90 bits per heavy atom. The van der Waals surface area contributed by atoms with Crippen molar-refractivity contribution in [1.82, 2.24) is 25.5 Å². The summed E-state index contributed by atoms with van der Waals surface area (Å²) in [6.45, 7) is 0.289. The van der Waals surface area contributed by atoms with Crippen LogP contribution in [0.25, 0.3) is 22.3 Å². The molecule has 1 unspecified atom stereocenters. The Bertz CT molecular complexity index is 2220. The zero-order valence-corrected chi connectivity index (χ0v) is 27.9. The van der Waals surface area contributed by atoms with Gasteiger partial charge in [-0.05, 0) is 48.1 Å². The van der Waals surface area contributed by atoms with Crippen LogP contribution in [-0.2, 0) is 54.6 Å². The van der Waals surface area contributed by atoms with Crippen molar-refractivity contribution < 1.29 is 38.1 Å². The smallest absolute Gasteiger partial charge is 0.340 e. The number of carbonyl (C=O) groups is 4. The van der Waals surface area contributed by atoms with Gasteiger partial charge in [-0.15, -0.1) is 4.91 Å². The maximum atomic E-state index is 15.1. The van der Waals surface area contributed by atoms with Crippen molar-refractivity contribution in [3.63, 3.8) is 0 Å². The number of aliphatic hydroxyl groups is 1. The monoisotopic (exact) mass is 712 g/mol. The quantitative estimate of drug-likeness (QED) is 0.0674. The third-order valence-electron chi connectivity index (χ3n) is 9.71. The second-order valence-corrected chi connectivity index (χ2v) is 12.9. The molecule has 4 N–H and O–H groups in total. The summed E-state index contributed by atoms with van der Waals surface area (Å²) in [5.41, 5.74) is 4.21. The Balaban J connectivity index is 1.03. The molecule has 2 aromatic heterocycles. The summed E-state index contributed by atoms with van der Waals surface area (Å²) in [5.74, 6) is -3.12. The van der Waals surface area contributed by atoms with Crippen LogP contribution in [0.3, 0.4) is 0 Å². The minimum Gasteiger partial charge on any atom is -0.458 e. The van der Waals surface area contributed by atoms with E-state index < -0.39 is 66.4 Å². The molecular weight excluding hydrogens is 679 g/mol. The van der Waals surface area contributed by atoms with Crippen molar-refractivity contribution >= 4 is 34.6 Å². The lowest BCUT2D eigenvalue weighted by atomic mass is 9.81. The van der Waals surface area contributed by atoms with Crippen LogP contribution in [0, 0.1) is 17.6 Å². The van der Waals surface area contributed by atoms with Crippen LogP contribution < -0.4 is 21.5 Å². The van der Waals surface area contributed by atoms with Gasteiger partial charge in [0.2, 0.25) is 17.7 Å². The maximum Gasteiger partial charge on any atom is 0.340 e. The van der Waals surface area contributed by atoms with E-state index in [9.17, 15) is 34.0 Å². The summed E-state index contributed by atoms with van der Waals surface area (Å²) in [7, 11) is 0. The number of cyclic esters (lactones) is 1. The van der Waals surface area contributed by atoms with E-state index in [0.717, 1.165) is 11.1 Å². The molecule has 3 aliphatic rings. The Hall–Kier alpha value is -5.87. The number of rotatable bonds is 11. The van der Waals surface area contributed by atoms with Crippen molar-refractivity contribution in [2.75, 3.05) is 19.9 Å². The number of aliphatic hydroxyl groups excluding tert-OH is 1. The van der Waals surface area contributed by atoms with Gasteiger partial charge >= 0.3 is 5.97 Å². The molecular formula is C36H33FN6O9. The Morgan fingerprint density at radius 3 is 2.67 bits per heavy atom. The predicted octanol–water partition coefficient (Wildman–Crippen LogP) is 1.65. The first-order chi connectivity index (χ1) is 25.0. The molecule has 52 heavy (non-hydrogen) atoms. The highest BCUT2D eigenvalue weighted by atomic mass is 19.1. The molecule has 0 saturated carbocycles. The highest BCUT2D eigenvalue weighted by Gasteiger charge is 2.37. The van der Waals surface area contributed by atoms with Crippen molar-refractivity contribution in [2.24, 2.45) is 5.18 Å². The molecule has 16 heteroatoms. The number of halogens is 1. The normalized spacial score (nSPS) is 17.3. The van der Waals surface area contributed by atoms with Gasteiger partial charge in [0.25, 0.3) is 5.56 Å². The van der Waals surface area contributed by atoms with E-state index in [2.05, 4.69) is 21.1 Å². The van der Waals surface area contributed by atoms with E-state index in [-0.39, 0.29) is 37.4 Å². The van der Waals surface area contributed by atoms with Gasteiger partial charge in [-0.2, -0.15) is 0 Å². The molecule has 0 saturated heterocycles. The van der Waals surface area contributed by atoms with Crippen LogP contribution in [0.2, 0.25) is 0 Å². The fourth-order valence-electron chi connectivity index (χ4n) is 7.12. The lowest BCUT2D eigenvalue weighted by Crippen LogP contribution is -2.42. The molecule has 2 aliphatic heterocycles. The van der Waals surface area contributed by atoms with E-state index in [1.165, 1.54) is 16.7 Å². The number of nitrogens with one attached hydrogen (secondary N) is 3. The lowest BCUT2D eigenvalue weighted by Gasteiger charge is -2.29. The first-order valence-corrected chi connectivity index (χ1v) is 16.6. The van der Waals surface area contributed by atoms with Gasteiger partial charge in [0.15, 0.2) is 12.1 Å². The fourth-order valence-corrected chi connectivity index (χ4v) is 7.12. The third kappa shape index (κ3) is 6.30. The van der Waals surface area contributed by atoms with Crippen LogP contribution in [-0.4, -0.2) is 64.3 Å². The number of pyridine rings is 2. The van der Waals surface area contributed by atoms with Gasteiger partial charge in [-0.25, -0.2) is 14.2 Å². The summed E-state index contributed by atoms with van der Waals surface area (Å²) in [5, 5.41) is 21.8. The van der Waals surface area contributed by atoms with Gasteiger partial charge in [-0.1, -0.05) is 35.5 Å². The van der Waals surface area contributed by atoms with E-state index in [4.69, 9.17) is 14.5 Å². The standard InChI is InChI=1S/C36H33FN6O9/c1-17-19-7-8-24(40-29(45)15-51-16-39-28(44)12-38-34(47)26(42-50)9-18-5-3-2-4-6-18)31-21-13-43-27(32(21)41-25(30(19)31)11-23(17)37)10-20-22(35(43)48)14-52-36(49)33(20)46/h2-6,10-11,24,26,33,46H,7-9,12-16H2,1H3,(H,38,47)(H,39,44)(H,40,45)/t24?,26-,33-/m1/s1. The number of carbonyl (C=O) groups excluding carboxylic acids is 4. The van der Waals surface area contributed by atoms with Crippen molar-refractivity contribution in [3.05, 3.63) is 102 Å². The maximum absolute atomic E-state index is 15.1. The molecule has 4 heterocycles. The number of hydrogen-bond acceptors (Lipinski definition) is 11. The number of aryl methyl sites for hydroxylation is 1. The third-order valence-corrected chi connectivity index (χ3v) is 9.71. The van der Waals surface area contributed by atoms with Crippen molar-refractivity contribution in [2.45, 2.75) is 57.5 Å². The van der Waals surface area contributed by atoms with Crippen molar-refractivity contribution in [1.29, 1.82) is 0 Å². The number of esters is 1. The predicted molar refractivity (Wildman–Crippen MR) is 181 cm³/mol. The van der Waals surface area contributed by atoms with Crippen LogP contribution in [0.5, 0.6) is 0 Å². The average molecular weight is 713 g/mol. The molecule has 2 aromatic carbocycles. The fraction of sp³-hybridized carbons (Fsp3) is 0.333. The number of amides is 3. The van der Waals surface area contributed by atoms with Gasteiger partial charge in [0, 0.05) is 29.0 Å². The highest BCUT2D eigenvalue weighted by Crippen LogP contribution is 2.45. The summed E-state index contributed by atoms with van der Waals surface area (Å²) in [6, 6.07) is 9.94.